The zero-order chi connectivity index (χ0) is 12.4. The number of hydrogen-bond acceptors (Lipinski definition) is 3. The molecule has 0 atom stereocenters. The van der Waals surface area contributed by atoms with Crippen molar-refractivity contribution >= 4 is 0 Å². The smallest absolute Gasteiger partial charge is 0.181 e. The van der Waals surface area contributed by atoms with Gasteiger partial charge in [-0.2, -0.15) is 0 Å². The summed E-state index contributed by atoms with van der Waals surface area (Å²) in [6, 6.07) is 8.79. The van der Waals surface area contributed by atoms with Crippen molar-refractivity contribution in [2.45, 2.75) is 32.1 Å². The fourth-order valence-corrected chi connectivity index (χ4v) is 2.89. The first kappa shape index (κ1) is 12.2. The molecule has 0 unspecified atom stereocenters. The molecule has 1 aromatic rings. The quantitative estimate of drug-likeness (QED) is 0.800. The van der Waals surface area contributed by atoms with Crippen molar-refractivity contribution in [3.8, 4) is 0 Å². The highest BCUT2D eigenvalue weighted by molar-refractivity contribution is 5.21. The standard InChI is InChI=1S/C15H21NO2/c1-13-3-5-14(6-4-13)11-16-8-2-7-15(12-16)17-9-10-18-15/h3-6H,2,7-12H2,1H3. The lowest BCUT2D eigenvalue weighted by atomic mass is 10.0. The number of likely N-dealkylation sites (tertiary alicyclic amines) is 1. The van der Waals surface area contributed by atoms with Crippen molar-refractivity contribution in [3.05, 3.63) is 35.4 Å². The van der Waals surface area contributed by atoms with Gasteiger partial charge in [-0.1, -0.05) is 29.8 Å². The number of benzene rings is 1. The first-order chi connectivity index (χ1) is 8.76. The summed E-state index contributed by atoms with van der Waals surface area (Å²) in [5.41, 5.74) is 2.69. The summed E-state index contributed by atoms with van der Waals surface area (Å²) < 4.78 is 11.6. The van der Waals surface area contributed by atoms with E-state index in [9.17, 15) is 0 Å². The van der Waals surface area contributed by atoms with Crippen LogP contribution in [0.25, 0.3) is 0 Å². The second-order valence-corrected chi connectivity index (χ2v) is 5.41. The van der Waals surface area contributed by atoms with Gasteiger partial charge in [0.25, 0.3) is 0 Å². The highest BCUT2D eigenvalue weighted by Crippen LogP contribution is 2.30. The summed E-state index contributed by atoms with van der Waals surface area (Å²) >= 11 is 0. The van der Waals surface area contributed by atoms with Crippen molar-refractivity contribution < 1.29 is 9.47 Å². The second kappa shape index (κ2) is 5.00. The molecule has 0 radical (unpaired) electrons. The fraction of sp³-hybridized carbons (Fsp3) is 0.600. The van der Waals surface area contributed by atoms with Gasteiger partial charge in [0.05, 0.1) is 19.8 Å². The molecule has 2 heterocycles. The van der Waals surface area contributed by atoms with Gasteiger partial charge in [0.15, 0.2) is 5.79 Å². The van der Waals surface area contributed by atoms with Gasteiger partial charge >= 0.3 is 0 Å². The van der Waals surface area contributed by atoms with Gasteiger partial charge in [0.1, 0.15) is 0 Å². The van der Waals surface area contributed by atoms with Crippen molar-refractivity contribution in [1.82, 2.24) is 4.90 Å². The van der Waals surface area contributed by atoms with Gasteiger partial charge in [-0.05, 0) is 25.5 Å². The third-order valence-corrected chi connectivity index (χ3v) is 3.84. The van der Waals surface area contributed by atoms with Crippen molar-refractivity contribution in [1.29, 1.82) is 0 Å². The molecule has 0 N–H and O–H groups in total. The largest absolute Gasteiger partial charge is 0.346 e. The van der Waals surface area contributed by atoms with Gasteiger partial charge in [-0.15, -0.1) is 0 Å². The highest BCUT2D eigenvalue weighted by Gasteiger charge is 2.40. The first-order valence-corrected chi connectivity index (χ1v) is 6.82. The van der Waals surface area contributed by atoms with Crippen LogP contribution in [0.4, 0.5) is 0 Å². The fourth-order valence-electron chi connectivity index (χ4n) is 2.89. The van der Waals surface area contributed by atoms with Crippen molar-refractivity contribution in [2.24, 2.45) is 0 Å². The van der Waals surface area contributed by atoms with Gasteiger partial charge < -0.3 is 9.47 Å². The molecule has 2 saturated heterocycles. The molecule has 2 aliphatic rings. The summed E-state index contributed by atoms with van der Waals surface area (Å²) in [5, 5.41) is 0. The third kappa shape index (κ3) is 2.58. The van der Waals surface area contributed by atoms with E-state index in [-0.39, 0.29) is 5.79 Å². The first-order valence-electron chi connectivity index (χ1n) is 6.82. The van der Waals surface area contributed by atoms with Gasteiger partial charge in [-0.25, -0.2) is 0 Å². The molecule has 0 saturated carbocycles. The van der Waals surface area contributed by atoms with E-state index >= 15 is 0 Å². The molecule has 18 heavy (non-hydrogen) atoms. The lowest BCUT2D eigenvalue weighted by Gasteiger charge is -2.38. The normalized spacial score (nSPS) is 23.6. The SMILES string of the molecule is Cc1ccc(CN2CCCC3(C2)OCCO3)cc1. The average Bonchev–Trinajstić information content (AvgIpc) is 2.80. The maximum atomic E-state index is 5.80. The van der Waals surface area contributed by atoms with Crippen LogP contribution >= 0.6 is 0 Å². The van der Waals surface area contributed by atoms with E-state index in [1.165, 1.54) is 11.1 Å². The number of piperidine rings is 1. The summed E-state index contributed by atoms with van der Waals surface area (Å²) in [7, 11) is 0. The van der Waals surface area contributed by atoms with Crippen LogP contribution in [0.15, 0.2) is 24.3 Å². The Morgan fingerprint density at radius 2 is 1.89 bits per heavy atom. The van der Waals surface area contributed by atoms with Crippen LogP contribution in [0.1, 0.15) is 24.0 Å². The Balaban J connectivity index is 1.64. The molecule has 2 fully saturated rings. The van der Waals surface area contributed by atoms with Crippen molar-refractivity contribution in [3.63, 3.8) is 0 Å². The monoisotopic (exact) mass is 247 g/mol. The number of nitrogens with zero attached hydrogens (tertiary/aromatic N) is 1. The molecule has 1 aromatic carbocycles. The molecule has 98 valence electrons. The number of hydrogen-bond donors (Lipinski definition) is 0. The van der Waals surface area contributed by atoms with E-state index in [4.69, 9.17) is 9.47 Å². The summed E-state index contributed by atoms with van der Waals surface area (Å²) in [4.78, 5) is 2.44. The number of rotatable bonds is 2. The van der Waals surface area contributed by atoms with E-state index in [1.807, 2.05) is 0 Å². The average molecular weight is 247 g/mol. The Morgan fingerprint density at radius 1 is 1.17 bits per heavy atom. The third-order valence-electron chi connectivity index (χ3n) is 3.84. The van der Waals surface area contributed by atoms with Crippen LogP contribution in [0.3, 0.4) is 0 Å². The number of aryl methyl sites for hydroxylation is 1. The lowest BCUT2D eigenvalue weighted by Crippen LogP contribution is -2.48. The van der Waals surface area contributed by atoms with Gasteiger partial charge in [0.2, 0.25) is 0 Å². The molecule has 2 aliphatic heterocycles. The van der Waals surface area contributed by atoms with E-state index in [1.54, 1.807) is 0 Å². The molecule has 0 aromatic heterocycles. The second-order valence-electron chi connectivity index (χ2n) is 5.41. The predicted octanol–water partition coefficient (Wildman–Crippen LogP) is 2.33. The van der Waals surface area contributed by atoms with Crippen LogP contribution in [0.2, 0.25) is 0 Å². The zero-order valence-corrected chi connectivity index (χ0v) is 11.0. The maximum absolute atomic E-state index is 5.80. The van der Waals surface area contributed by atoms with Gasteiger partial charge in [-0.3, -0.25) is 4.90 Å². The van der Waals surface area contributed by atoms with Crippen LogP contribution in [0, 0.1) is 6.92 Å². The molecule has 0 aliphatic carbocycles. The zero-order valence-electron chi connectivity index (χ0n) is 11.0. The molecule has 0 bridgehead atoms. The lowest BCUT2D eigenvalue weighted by molar-refractivity contribution is -0.190. The molecule has 1 spiro atoms. The predicted molar refractivity (Wildman–Crippen MR) is 70.3 cm³/mol. The summed E-state index contributed by atoms with van der Waals surface area (Å²) in [5.74, 6) is -0.303. The highest BCUT2D eigenvalue weighted by atomic mass is 16.7. The Labute approximate surface area is 109 Å². The Kier molecular flexibility index (Phi) is 3.37. The van der Waals surface area contributed by atoms with E-state index in [2.05, 4.69) is 36.1 Å². The summed E-state index contributed by atoms with van der Waals surface area (Å²) in [6.07, 6.45) is 2.20. The molecular weight excluding hydrogens is 226 g/mol. The van der Waals surface area contributed by atoms with Crippen LogP contribution in [-0.4, -0.2) is 37.0 Å². The minimum atomic E-state index is -0.303. The van der Waals surface area contributed by atoms with Crippen LogP contribution < -0.4 is 0 Å². The molecular formula is C15H21NO2. The Morgan fingerprint density at radius 3 is 2.61 bits per heavy atom. The van der Waals surface area contributed by atoms with E-state index < -0.39 is 0 Å². The van der Waals surface area contributed by atoms with Gasteiger partial charge in [0, 0.05) is 13.0 Å². The molecule has 3 heteroatoms. The van der Waals surface area contributed by atoms with Crippen molar-refractivity contribution in [2.75, 3.05) is 26.3 Å². The van der Waals surface area contributed by atoms with E-state index in [0.29, 0.717) is 0 Å². The van der Waals surface area contributed by atoms with Crippen LogP contribution in [-0.2, 0) is 16.0 Å². The molecule has 3 rings (SSSR count). The minimum Gasteiger partial charge on any atom is -0.346 e. The Hall–Kier alpha value is -0.900. The number of ether oxygens (including phenoxy) is 2. The topological polar surface area (TPSA) is 21.7 Å². The minimum absolute atomic E-state index is 0.303. The van der Waals surface area contributed by atoms with Crippen LogP contribution in [0.5, 0.6) is 0 Å². The maximum Gasteiger partial charge on any atom is 0.181 e. The molecule has 3 nitrogen and oxygen atoms in total. The summed E-state index contributed by atoms with van der Waals surface area (Å²) in [6.45, 7) is 6.66. The van der Waals surface area contributed by atoms with E-state index in [0.717, 1.165) is 45.7 Å². The molecule has 0 amide bonds. The Bertz CT molecular complexity index is 395.